The molecule has 0 unspecified atom stereocenters. The van der Waals surface area contributed by atoms with E-state index in [1.54, 1.807) is 0 Å². The van der Waals surface area contributed by atoms with Gasteiger partial charge in [0.2, 0.25) is 0 Å². The molecule has 386 valence electrons. The van der Waals surface area contributed by atoms with Crippen LogP contribution in [0.2, 0.25) is 0 Å². The second-order valence-electron chi connectivity index (χ2n) is 21.2. The minimum Gasteiger partial charge on any atom is -0.462 e. The number of esters is 3. The summed E-state index contributed by atoms with van der Waals surface area (Å²) in [5.41, 5.74) is 0. The van der Waals surface area contributed by atoms with Crippen LogP contribution >= 0.6 is 0 Å². The molecule has 0 aromatic heterocycles. The van der Waals surface area contributed by atoms with Crippen LogP contribution in [0.15, 0.2) is 0 Å². The summed E-state index contributed by atoms with van der Waals surface area (Å²) < 4.78 is 16.9. The molecule has 0 rings (SSSR count). The van der Waals surface area contributed by atoms with E-state index in [0.29, 0.717) is 19.3 Å². The molecule has 0 amide bonds. The second-order valence-corrected chi connectivity index (χ2v) is 21.2. The Kier molecular flexibility index (Phi) is 50.5. The second kappa shape index (κ2) is 51.8. The van der Waals surface area contributed by atoms with E-state index in [9.17, 15) is 14.4 Å². The van der Waals surface area contributed by atoms with Crippen LogP contribution in [0.1, 0.15) is 330 Å². The maximum Gasteiger partial charge on any atom is 0.306 e. The van der Waals surface area contributed by atoms with Gasteiger partial charge >= 0.3 is 17.9 Å². The summed E-state index contributed by atoms with van der Waals surface area (Å²) in [6.07, 6.45) is 55.4. The van der Waals surface area contributed by atoms with E-state index in [1.807, 2.05) is 0 Å². The number of hydrogen-bond acceptors (Lipinski definition) is 6. The zero-order valence-electron chi connectivity index (χ0n) is 44.6. The van der Waals surface area contributed by atoms with E-state index in [4.69, 9.17) is 14.2 Å². The number of hydrogen-bond donors (Lipinski definition) is 0. The Labute approximate surface area is 406 Å². The SMILES string of the molecule is CCCCCCCCCCCCCCCCCCC(=O)O[C@@H](COC(=O)CCCCCCCCCCCCCCCCCCCCC(C)C)COC(=O)CCCCCCCCCC(C)C. The van der Waals surface area contributed by atoms with E-state index >= 15 is 0 Å². The molecule has 6 heteroatoms. The smallest absolute Gasteiger partial charge is 0.306 e. The number of ether oxygens (including phenoxy) is 3. The minimum atomic E-state index is -0.763. The van der Waals surface area contributed by atoms with Crippen molar-refractivity contribution in [2.75, 3.05) is 13.2 Å². The number of rotatable bonds is 53. The van der Waals surface area contributed by atoms with E-state index in [-0.39, 0.29) is 31.1 Å². The van der Waals surface area contributed by atoms with Crippen LogP contribution in [-0.4, -0.2) is 37.2 Å². The van der Waals surface area contributed by atoms with Crippen LogP contribution < -0.4 is 0 Å². The van der Waals surface area contributed by atoms with Crippen molar-refractivity contribution in [3.05, 3.63) is 0 Å². The van der Waals surface area contributed by atoms with E-state index < -0.39 is 6.10 Å². The summed E-state index contributed by atoms with van der Waals surface area (Å²) in [6, 6.07) is 0. The van der Waals surface area contributed by atoms with Gasteiger partial charge in [-0.3, -0.25) is 14.4 Å². The molecule has 0 spiro atoms. The third-order valence-corrected chi connectivity index (χ3v) is 13.5. The van der Waals surface area contributed by atoms with Gasteiger partial charge in [-0.2, -0.15) is 0 Å². The third-order valence-electron chi connectivity index (χ3n) is 13.5. The van der Waals surface area contributed by atoms with Crippen LogP contribution in [0.5, 0.6) is 0 Å². The van der Waals surface area contributed by atoms with Gasteiger partial charge in [-0.15, -0.1) is 0 Å². The highest BCUT2D eigenvalue weighted by molar-refractivity contribution is 5.71. The third kappa shape index (κ3) is 53.2. The lowest BCUT2D eigenvalue weighted by atomic mass is 10.0. The first-order chi connectivity index (χ1) is 31.7. The first kappa shape index (κ1) is 63.4. The number of carbonyl (C=O) groups is 3. The standard InChI is InChI=1S/C59H114O6/c1-6-7-8-9-10-11-12-13-14-20-24-27-30-35-41-46-51-59(62)65-56(53-64-58(61)50-45-40-36-31-33-38-43-48-55(4)5)52-63-57(60)49-44-39-34-29-26-23-21-18-16-15-17-19-22-25-28-32-37-42-47-54(2)3/h54-56H,6-53H2,1-5H3/t56-/m0/s1. The zero-order valence-corrected chi connectivity index (χ0v) is 44.6. The van der Waals surface area contributed by atoms with Gasteiger partial charge in [-0.25, -0.2) is 0 Å². The summed E-state index contributed by atoms with van der Waals surface area (Å²) in [7, 11) is 0. The molecular weight excluding hydrogens is 805 g/mol. The average Bonchev–Trinajstić information content (AvgIpc) is 3.28. The summed E-state index contributed by atoms with van der Waals surface area (Å²) in [5, 5.41) is 0. The van der Waals surface area contributed by atoms with E-state index in [2.05, 4.69) is 34.6 Å². The van der Waals surface area contributed by atoms with Crippen LogP contribution in [0, 0.1) is 11.8 Å². The van der Waals surface area contributed by atoms with Crippen molar-refractivity contribution >= 4 is 17.9 Å². The lowest BCUT2D eigenvalue weighted by molar-refractivity contribution is -0.167. The molecule has 0 aromatic rings. The highest BCUT2D eigenvalue weighted by Crippen LogP contribution is 2.18. The maximum atomic E-state index is 12.8. The van der Waals surface area contributed by atoms with E-state index in [1.165, 1.54) is 218 Å². The molecule has 0 saturated heterocycles. The van der Waals surface area contributed by atoms with Gasteiger partial charge in [-0.05, 0) is 31.1 Å². The lowest BCUT2D eigenvalue weighted by Crippen LogP contribution is -2.30. The lowest BCUT2D eigenvalue weighted by Gasteiger charge is -2.18. The van der Waals surface area contributed by atoms with Gasteiger partial charge in [-0.1, -0.05) is 291 Å². The fourth-order valence-electron chi connectivity index (χ4n) is 9.05. The topological polar surface area (TPSA) is 78.9 Å². The van der Waals surface area contributed by atoms with Gasteiger partial charge < -0.3 is 14.2 Å². The van der Waals surface area contributed by atoms with Crippen molar-refractivity contribution < 1.29 is 28.6 Å². The van der Waals surface area contributed by atoms with Crippen molar-refractivity contribution in [2.24, 2.45) is 11.8 Å². The Morgan fingerprint density at radius 2 is 0.508 bits per heavy atom. The van der Waals surface area contributed by atoms with Crippen LogP contribution in [-0.2, 0) is 28.6 Å². The number of carbonyl (C=O) groups excluding carboxylic acids is 3. The highest BCUT2D eigenvalue weighted by atomic mass is 16.6. The Morgan fingerprint density at radius 3 is 0.754 bits per heavy atom. The molecule has 6 nitrogen and oxygen atoms in total. The van der Waals surface area contributed by atoms with Gasteiger partial charge in [0, 0.05) is 19.3 Å². The van der Waals surface area contributed by atoms with Crippen LogP contribution in [0.4, 0.5) is 0 Å². The molecule has 0 aliphatic rings. The summed E-state index contributed by atoms with van der Waals surface area (Å²) in [4.78, 5) is 38.1. The molecule has 0 radical (unpaired) electrons. The summed E-state index contributed by atoms with van der Waals surface area (Å²) in [6.45, 7) is 11.4. The predicted octanol–water partition coefficient (Wildman–Crippen LogP) is 19.3. The van der Waals surface area contributed by atoms with Gasteiger partial charge in [0.25, 0.3) is 0 Å². The highest BCUT2D eigenvalue weighted by Gasteiger charge is 2.19. The summed E-state index contributed by atoms with van der Waals surface area (Å²) >= 11 is 0. The average molecular weight is 920 g/mol. The molecule has 0 aromatic carbocycles. The van der Waals surface area contributed by atoms with Crippen LogP contribution in [0.25, 0.3) is 0 Å². The van der Waals surface area contributed by atoms with Crippen molar-refractivity contribution in [3.63, 3.8) is 0 Å². The Morgan fingerprint density at radius 1 is 0.292 bits per heavy atom. The molecule has 0 N–H and O–H groups in total. The monoisotopic (exact) mass is 919 g/mol. The van der Waals surface area contributed by atoms with Crippen molar-refractivity contribution in [1.82, 2.24) is 0 Å². The Hall–Kier alpha value is -1.59. The van der Waals surface area contributed by atoms with Gasteiger partial charge in [0.05, 0.1) is 0 Å². The van der Waals surface area contributed by atoms with Gasteiger partial charge in [0.15, 0.2) is 6.10 Å². The molecule has 0 aliphatic heterocycles. The molecular formula is C59H114O6. The molecule has 1 atom stereocenters. The fraction of sp³-hybridized carbons (Fsp3) is 0.949. The largest absolute Gasteiger partial charge is 0.462 e. The molecule has 0 aliphatic carbocycles. The molecule has 65 heavy (non-hydrogen) atoms. The summed E-state index contributed by atoms with van der Waals surface area (Å²) in [5.74, 6) is 0.798. The first-order valence-corrected chi connectivity index (χ1v) is 29.2. The van der Waals surface area contributed by atoms with E-state index in [0.717, 1.165) is 69.6 Å². The maximum absolute atomic E-state index is 12.8. The van der Waals surface area contributed by atoms with Crippen molar-refractivity contribution in [3.8, 4) is 0 Å². The zero-order chi connectivity index (χ0) is 47.5. The predicted molar refractivity (Wildman–Crippen MR) is 280 cm³/mol. The molecule has 0 fully saturated rings. The van der Waals surface area contributed by atoms with Crippen LogP contribution in [0.3, 0.4) is 0 Å². The quantitative estimate of drug-likeness (QED) is 0.0344. The first-order valence-electron chi connectivity index (χ1n) is 29.2. The normalized spacial score (nSPS) is 12.0. The molecule has 0 saturated carbocycles. The molecule has 0 heterocycles. The minimum absolute atomic E-state index is 0.0632. The Bertz CT molecular complexity index is 993. The van der Waals surface area contributed by atoms with Crippen molar-refractivity contribution in [1.29, 1.82) is 0 Å². The number of unbranched alkanes of at least 4 members (excludes halogenated alkanes) is 38. The Balaban J connectivity index is 4.21. The fourth-order valence-corrected chi connectivity index (χ4v) is 9.05. The molecule has 0 bridgehead atoms. The van der Waals surface area contributed by atoms with Crippen molar-refractivity contribution in [2.45, 2.75) is 336 Å². The van der Waals surface area contributed by atoms with Gasteiger partial charge in [0.1, 0.15) is 13.2 Å².